The van der Waals surface area contributed by atoms with Crippen molar-refractivity contribution in [3.05, 3.63) is 18.0 Å². The quantitative estimate of drug-likeness (QED) is 0.849. The summed E-state index contributed by atoms with van der Waals surface area (Å²) in [5.74, 6) is -0.978. The zero-order chi connectivity index (χ0) is 14.1. The molecule has 1 aliphatic rings. The molecule has 1 unspecified atom stereocenters. The van der Waals surface area contributed by atoms with E-state index in [4.69, 9.17) is 0 Å². The minimum absolute atomic E-state index is 0.0461. The zero-order valence-electron chi connectivity index (χ0n) is 10.4. The van der Waals surface area contributed by atoms with Gasteiger partial charge in [-0.25, -0.2) is 0 Å². The smallest absolute Gasteiger partial charge is 0.351 e. The van der Waals surface area contributed by atoms with Crippen LogP contribution in [-0.4, -0.2) is 35.0 Å². The molecule has 0 bridgehead atoms. The molecule has 1 fully saturated rings. The van der Waals surface area contributed by atoms with Crippen LogP contribution < -0.4 is 10.6 Å². The Bertz CT molecular complexity index is 463. The highest BCUT2D eigenvalue weighted by Gasteiger charge is 2.61. The fourth-order valence-corrected chi connectivity index (χ4v) is 2.17. The predicted octanol–water partition coefficient (Wildman–Crippen LogP) is 0.578. The topological polar surface area (TPSA) is 59.0 Å². The fraction of sp³-hybridized carbons (Fsp3) is 0.636. The molecule has 1 saturated heterocycles. The summed E-state index contributed by atoms with van der Waals surface area (Å²) in [5, 5.41) is 8.84. The lowest BCUT2D eigenvalue weighted by molar-refractivity contribution is -0.216. The van der Waals surface area contributed by atoms with E-state index >= 15 is 0 Å². The number of aryl methyl sites for hydroxylation is 1. The second kappa shape index (κ2) is 4.84. The maximum absolute atomic E-state index is 13.1. The molecule has 2 N–H and O–H groups in total. The van der Waals surface area contributed by atoms with E-state index in [2.05, 4.69) is 15.7 Å². The Balaban J connectivity index is 2.05. The molecule has 1 aliphatic heterocycles. The van der Waals surface area contributed by atoms with Crippen molar-refractivity contribution in [2.75, 3.05) is 13.1 Å². The minimum atomic E-state index is -4.55. The average molecular weight is 276 g/mol. The second-order valence-corrected chi connectivity index (χ2v) is 4.71. The number of rotatable bonds is 3. The molecule has 0 saturated carbocycles. The number of nitrogens with zero attached hydrogens (tertiary/aromatic N) is 2. The van der Waals surface area contributed by atoms with Gasteiger partial charge in [0.15, 0.2) is 5.41 Å². The monoisotopic (exact) mass is 276 g/mol. The zero-order valence-corrected chi connectivity index (χ0v) is 10.4. The Kier molecular flexibility index (Phi) is 3.53. The van der Waals surface area contributed by atoms with Crippen molar-refractivity contribution in [2.24, 2.45) is 12.5 Å². The third-order valence-corrected chi connectivity index (χ3v) is 3.34. The van der Waals surface area contributed by atoms with Crippen LogP contribution in [0.4, 0.5) is 13.2 Å². The standard InChI is InChI=1S/C11H15F3N4O/c1-18-6-8(5-17-18)4-16-9(19)10(11(12,13)14)2-3-15-7-10/h5-6,15H,2-4,7H2,1H3,(H,16,19). The van der Waals surface area contributed by atoms with Crippen molar-refractivity contribution >= 4 is 5.91 Å². The Hall–Kier alpha value is -1.57. The van der Waals surface area contributed by atoms with Gasteiger partial charge in [0.1, 0.15) is 0 Å². The molecule has 2 rings (SSSR count). The van der Waals surface area contributed by atoms with E-state index in [9.17, 15) is 18.0 Å². The van der Waals surface area contributed by atoms with Crippen LogP contribution in [0.3, 0.4) is 0 Å². The number of amides is 1. The summed E-state index contributed by atoms with van der Waals surface area (Å²) in [5.41, 5.74) is -1.64. The minimum Gasteiger partial charge on any atom is -0.351 e. The van der Waals surface area contributed by atoms with Crippen LogP contribution in [0.5, 0.6) is 0 Å². The summed E-state index contributed by atoms with van der Waals surface area (Å²) in [6.07, 6.45) is -1.62. The van der Waals surface area contributed by atoms with Crippen LogP contribution >= 0.6 is 0 Å². The number of nitrogens with one attached hydrogen (secondary N) is 2. The summed E-state index contributed by atoms with van der Waals surface area (Å²) < 4.78 is 40.8. The van der Waals surface area contributed by atoms with Crippen molar-refractivity contribution in [3.8, 4) is 0 Å². The largest absolute Gasteiger partial charge is 0.404 e. The van der Waals surface area contributed by atoms with Crippen LogP contribution in [0.1, 0.15) is 12.0 Å². The van der Waals surface area contributed by atoms with E-state index in [0.29, 0.717) is 5.56 Å². The van der Waals surface area contributed by atoms with Gasteiger partial charge >= 0.3 is 6.18 Å². The number of halogens is 3. The maximum Gasteiger partial charge on any atom is 0.404 e. The third kappa shape index (κ3) is 2.58. The van der Waals surface area contributed by atoms with Gasteiger partial charge < -0.3 is 10.6 Å². The summed E-state index contributed by atoms with van der Waals surface area (Å²) in [6.45, 7) is -0.125. The van der Waals surface area contributed by atoms with Crippen molar-refractivity contribution in [1.82, 2.24) is 20.4 Å². The van der Waals surface area contributed by atoms with Crippen molar-refractivity contribution < 1.29 is 18.0 Å². The number of carbonyl (C=O) groups is 1. The molecular formula is C11H15F3N4O. The lowest BCUT2D eigenvalue weighted by Crippen LogP contribution is -2.52. The molecule has 5 nitrogen and oxygen atoms in total. The van der Waals surface area contributed by atoms with Gasteiger partial charge in [0, 0.05) is 31.9 Å². The molecule has 0 aromatic carbocycles. The molecule has 0 radical (unpaired) electrons. The molecule has 1 atom stereocenters. The SMILES string of the molecule is Cn1cc(CNC(=O)C2(C(F)(F)F)CCNC2)cn1. The van der Waals surface area contributed by atoms with E-state index in [1.165, 1.54) is 10.9 Å². The summed E-state index contributed by atoms with van der Waals surface area (Å²) in [6, 6.07) is 0. The van der Waals surface area contributed by atoms with E-state index in [0.717, 1.165) is 0 Å². The van der Waals surface area contributed by atoms with Gasteiger partial charge in [-0.1, -0.05) is 0 Å². The molecule has 106 valence electrons. The van der Waals surface area contributed by atoms with Gasteiger partial charge in [-0.3, -0.25) is 9.48 Å². The lowest BCUT2D eigenvalue weighted by Gasteiger charge is -2.29. The first-order valence-electron chi connectivity index (χ1n) is 5.88. The van der Waals surface area contributed by atoms with Crippen LogP contribution in [0.2, 0.25) is 0 Å². The van der Waals surface area contributed by atoms with Crippen molar-refractivity contribution in [1.29, 1.82) is 0 Å². The molecule has 1 amide bonds. The number of alkyl halides is 3. The molecule has 1 aromatic heterocycles. The molecule has 0 spiro atoms. The summed E-state index contributed by atoms with van der Waals surface area (Å²) in [7, 11) is 1.70. The van der Waals surface area contributed by atoms with E-state index in [1.807, 2.05) is 0 Å². The van der Waals surface area contributed by atoms with Gasteiger partial charge in [0.25, 0.3) is 0 Å². The maximum atomic E-state index is 13.1. The molecule has 2 heterocycles. The number of carbonyl (C=O) groups excluding carboxylic acids is 1. The van der Waals surface area contributed by atoms with Crippen molar-refractivity contribution in [2.45, 2.75) is 19.1 Å². The Morgan fingerprint density at radius 1 is 1.63 bits per heavy atom. The molecule has 0 aliphatic carbocycles. The Morgan fingerprint density at radius 2 is 2.37 bits per heavy atom. The Morgan fingerprint density at radius 3 is 2.84 bits per heavy atom. The Labute approximate surface area is 108 Å². The van der Waals surface area contributed by atoms with Crippen LogP contribution in [-0.2, 0) is 18.4 Å². The molecule has 19 heavy (non-hydrogen) atoms. The first-order valence-corrected chi connectivity index (χ1v) is 5.88. The molecule has 1 aromatic rings. The lowest BCUT2D eigenvalue weighted by atomic mass is 9.85. The van der Waals surface area contributed by atoms with Gasteiger partial charge in [-0.15, -0.1) is 0 Å². The predicted molar refractivity (Wildman–Crippen MR) is 61.0 cm³/mol. The normalized spacial score (nSPS) is 23.6. The first kappa shape index (κ1) is 13.9. The first-order chi connectivity index (χ1) is 8.85. The number of hydrogen-bond donors (Lipinski definition) is 2. The van der Waals surface area contributed by atoms with Gasteiger partial charge in [-0.05, 0) is 13.0 Å². The molecule has 8 heteroatoms. The summed E-state index contributed by atoms with van der Waals surface area (Å²) in [4.78, 5) is 11.9. The van der Waals surface area contributed by atoms with Gasteiger partial charge in [0.05, 0.1) is 6.20 Å². The highest BCUT2D eigenvalue weighted by Crippen LogP contribution is 2.43. The fourth-order valence-electron chi connectivity index (χ4n) is 2.17. The molecular weight excluding hydrogens is 261 g/mol. The van der Waals surface area contributed by atoms with Crippen LogP contribution in [0.15, 0.2) is 12.4 Å². The van der Waals surface area contributed by atoms with E-state index in [-0.39, 0.29) is 26.1 Å². The summed E-state index contributed by atoms with van der Waals surface area (Å²) >= 11 is 0. The van der Waals surface area contributed by atoms with Gasteiger partial charge in [-0.2, -0.15) is 18.3 Å². The second-order valence-electron chi connectivity index (χ2n) is 4.71. The highest BCUT2D eigenvalue weighted by molar-refractivity contribution is 5.84. The van der Waals surface area contributed by atoms with Crippen molar-refractivity contribution in [3.63, 3.8) is 0 Å². The van der Waals surface area contributed by atoms with E-state index < -0.39 is 17.5 Å². The third-order valence-electron chi connectivity index (χ3n) is 3.34. The van der Waals surface area contributed by atoms with Crippen LogP contribution in [0.25, 0.3) is 0 Å². The van der Waals surface area contributed by atoms with Gasteiger partial charge in [0.2, 0.25) is 5.91 Å². The highest BCUT2D eigenvalue weighted by atomic mass is 19.4. The van der Waals surface area contributed by atoms with E-state index in [1.54, 1.807) is 13.2 Å². The number of hydrogen-bond acceptors (Lipinski definition) is 3. The number of aromatic nitrogens is 2. The average Bonchev–Trinajstić information content (AvgIpc) is 2.94. The van der Waals surface area contributed by atoms with Crippen LogP contribution in [0, 0.1) is 5.41 Å².